The van der Waals surface area contributed by atoms with E-state index in [0.29, 0.717) is 0 Å². The second-order valence-corrected chi connectivity index (χ2v) is 5.01. The molecular weight excluding hydrogens is 170 g/mol. The normalized spacial score (nSPS) is 15.9. The van der Waals surface area contributed by atoms with Crippen molar-refractivity contribution in [1.82, 2.24) is 4.90 Å². The molecule has 0 fully saturated rings. The van der Waals surface area contributed by atoms with Crippen molar-refractivity contribution in [3.05, 3.63) is 0 Å². The van der Waals surface area contributed by atoms with Gasteiger partial charge in [-0.05, 0) is 31.7 Å². The van der Waals surface area contributed by atoms with Gasteiger partial charge in [0.05, 0.1) is 0 Å². The molecule has 0 saturated carbocycles. The number of hydrogen-bond acceptors (Lipinski definition) is 1. The maximum absolute atomic E-state index is 2.50. The highest BCUT2D eigenvalue weighted by atomic mass is 15.1. The van der Waals surface area contributed by atoms with Crippen LogP contribution in [-0.4, -0.2) is 25.0 Å². The van der Waals surface area contributed by atoms with Gasteiger partial charge >= 0.3 is 0 Å². The van der Waals surface area contributed by atoms with Crippen LogP contribution in [0, 0.1) is 11.8 Å². The van der Waals surface area contributed by atoms with Crippen LogP contribution in [0.4, 0.5) is 0 Å². The Morgan fingerprint density at radius 2 is 1.21 bits per heavy atom. The summed E-state index contributed by atoms with van der Waals surface area (Å²) in [7, 11) is 2.26. The molecule has 0 heterocycles. The maximum Gasteiger partial charge on any atom is 0.000408 e. The van der Waals surface area contributed by atoms with Crippen LogP contribution in [0.1, 0.15) is 53.4 Å². The number of nitrogens with zero attached hydrogens (tertiary/aromatic N) is 1. The summed E-state index contributed by atoms with van der Waals surface area (Å²) < 4.78 is 0. The standard InChI is InChI=1S/C13H29N/c1-6-8-12(3)10-14(5)11-13(4)9-7-2/h12-13H,6-11H2,1-5H3. The van der Waals surface area contributed by atoms with E-state index in [4.69, 9.17) is 0 Å². The highest BCUT2D eigenvalue weighted by molar-refractivity contribution is 4.62. The van der Waals surface area contributed by atoms with Crippen molar-refractivity contribution >= 4 is 0 Å². The van der Waals surface area contributed by atoms with Gasteiger partial charge in [0, 0.05) is 13.1 Å². The van der Waals surface area contributed by atoms with Crippen molar-refractivity contribution in [1.29, 1.82) is 0 Å². The molecule has 0 spiro atoms. The van der Waals surface area contributed by atoms with Crippen LogP contribution in [0.25, 0.3) is 0 Å². The van der Waals surface area contributed by atoms with E-state index >= 15 is 0 Å². The van der Waals surface area contributed by atoms with Crippen LogP contribution in [0.5, 0.6) is 0 Å². The van der Waals surface area contributed by atoms with Gasteiger partial charge in [0.25, 0.3) is 0 Å². The van der Waals surface area contributed by atoms with Gasteiger partial charge in [0.1, 0.15) is 0 Å². The molecule has 86 valence electrons. The molecule has 14 heavy (non-hydrogen) atoms. The Bertz CT molecular complexity index is 108. The molecular formula is C13H29N. The van der Waals surface area contributed by atoms with Crippen molar-refractivity contribution in [2.75, 3.05) is 20.1 Å². The Balaban J connectivity index is 3.57. The van der Waals surface area contributed by atoms with Crippen molar-refractivity contribution < 1.29 is 0 Å². The largest absolute Gasteiger partial charge is 0.306 e. The minimum atomic E-state index is 0.860. The summed E-state index contributed by atoms with van der Waals surface area (Å²) in [6.07, 6.45) is 5.37. The summed E-state index contributed by atoms with van der Waals surface area (Å²) in [6.45, 7) is 11.8. The monoisotopic (exact) mass is 199 g/mol. The lowest BCUT2D eigenvalue weighted by Gasteiger charge is -2.24. The van der Waals surface area contributed by atoms with Gasteiger partial charge in [-0.25, -0.2) is 0 Å². The van der Waals surface area contributed by atoms with Crippen LogP contribution < -0.4 is 0 Å². The molecule has 1 heteroatoms. The minimum absolute atomic E-state index is 0.860. The Morgan fingerprint density at radius 3 is 1.50 bits per heavy atom. The Morgan fingerprint density at radius 1 is 0.857 bits per heavy atom. The summed E-state index contributed by atoms with van der Waals surface area (Å²) in [6, 6.07) is 0. The van der Waals surface area contributed by atoms with Gasteiger partial charge < -0.3 is 4.90 Å². The minimum Gasteiger partial charge on any atom is -0.306 e. The molecule has 0 rings (SSSR count). The van der Waals surface area contributed by atoms with Crippen LogP contribution >= 0.6 is 0 Å². The molecule has 0 aliphatic carbocycles. The molecule has 2 atom stereocenters. The third kappa shape index (κ3) is 7.37. The first kappa shape index (κ1) is 14.0. The fraction of sp³-hybridized carbons (Fsp3) is 1.00. The molecule has 0 N–H and O–H groups in total. The van der Waals surface area contributed by atoms with Gasteiger partial charge in [-0.15, -0.1) is 0 Å². The Labute approximate surface area is 90.9 Å². The Hall–Kier alpha value is -0.0400. The molecule has 0 saturated heterocycles. The van der Waals surface area contributed by atoms with Gasteiger partial charge in [0.15, 0.2) is 0 Å². The molecule has 0 aliphatic heterocycles. The van der Waals surface area contributed by atoms with Crippen LogP contribution in [0.3, 0.4) is 0 Å². The zero-order valence-electron chi connectivity index (χ0n) is 10.8. The lowest BCUT2D eigenvalue weighted by molar-refractivity contribution is 0.239. The molecule has 2 unspecified atom stereocenters. The molecule has 1 nitrogen and oxygen atoms in total. The van der Waals surface area contributed by atoms with Crippen molar-refractivity contribution in [3.8, 4) is 0 Å². The summed E-state index contributed by atoms with van der Waals surface area (Å²) in [5.41, 5.74) is 0. The van der Waals surface area contributed by atoms with Crippen LogP contribution in [0.15, 0.2) is 0 Å². The van der Waals surface area contributed by atoms with Crippen molar-refractivity contribution in [2.45, 2.75) is 53.4 Å². The molecule has 0 aromatic rings. The summed E-state index contributed by atoms with van der Waals surface area (Å²) >= 11 is 0. The SMILES string of the molecule is CCCC(C)CN(C)CC(C)CCC. The van der Waals surface area contributed by atoms with Gasteiger partial charge in [-0.1, -0.05) is 40.5 Å². The zero-order valence-corrected chi connectivity index (χ0v) is 10.8. The lowest BCUT2D eigenvalue weighted by Crippen LogP contribution is -2.28. The van der Waals surface area contributed by atoms with E-state index in [9.17, 15) is 0 Å². The summed E-state index contributed by atoms with van der Waals surface area (Å²) in [4.78, 5) is 2.50. The van der Waals surface area contributed by atoms with E-state index in [0.717, 1.165) is 11.8 Å². The lowest BCUT2D eigenvalue weighted by atomic mass is 10.0. The quantitative estimate of drug-likeness (QED) is 0.575. The fourth-order valence-electron chi connectivity index (χ4n) is 2.31. The highest BCUT2D eigenvalue weighted by Gasteiger charge is 2.08. The molecule has 0 aliphatic rings. The first-order valence-electron chi connectivity index (χ1n) is 6.28. The highest BCUT2D eigenvalue weighted by Crippen LogP contribution is 2.10. The third-order valence-corrected chi connectivity index (χ3v) is 2.81. The number of hydrogen-bond donors (Lipinski definition) is 0. The first-order valence-corrected chi connectivity index (χ1v) is 6.28. The molecule has 0 radical (unpaired) electrons. The van der Waals surface area contributed by atoms with Crippen LogP contribution in [0.2, 0.25) is 0 Å². The van der Waals surface area contributed by atoms with Gasteiger partial charge in [0.2, 0.25) is 0 Å². The average molecular weight is 199 g/mol. The van der Waals surface area contributed by atoms with Crippen LogP contribution in [-0.2, 0) is 0 Å². The second kappa shape index (κ2) is 8.28. The maximum atomic E-state index is 2.50. The predicted octanol–water partition coefficient (Wildman–Crippen LogP) is 3.79. The van der Waals surface area contributed by atoms with E-state index in [1.165, 1.54) is 38.8 Å². The van der Waals surface area contributed by atoms with E-state index in [-0.39, 0.29) is 0 Å². The fourth-order valence-corrected chi connectivity index (χ4v) is 2.31. The smallest absolute Gasteiger partial charge is 0.000408 e. The van der Waals surface area contributed by atoms with E-state index in [1.807, 2.05) is 0 Å². The molecule has 0 amide bonds. The second-order valence-electron chi connectivity index (χ2n) is 5.01. The number of rotatable bonds is 8. The topological polar surface area (TPSA) is 3.24 Å². The van der Waals surface area contributed by atoms with E-state index in [2.05, 4.69) is 39.6 Å². The molecule has 0 aromatic carbocycles. The van der Waals surface area contributed by atoms with Crippen molar-refractivity contribution in [3.63, 3.8) is 0 Å². The molecule has 0 aromatic heterocycles. The van der Waals surface area contributed by atoms with Gasteiger partial charge in [-0.3, -0.25) is 0 Å². The zero-order chi connectivity index (χ0) is 11.0. The van der Waals surface area contributed by atoms with E-state index in [1.54, 1.807) is 0 Å². The first-order chi connectivity index (χ1) is 6.60. The van der Waals surface area contributed by atoms with E-state index < -0.39 is 0 Å². The Kier molecular flexibility index (Phi) is 8.26. The molecule has 0 bridgehead atoms. The summed E-state index contributed by atoms with van der Waals surface area (Å²) in [5.74, 6) is 1.72. The average Bonchev–Trinajstić information content (AvgIpc) is 2.03. The van der Waals surface area contributed by atoms with Crippen molar-refractivity contribution in [2.24, 2.45) is 11.8 Å². The predicted molar refractivity (Wildman–Crippen MR) is 65.6 cm³/mol. The van der Waals surface area contributed by atoms with Gasteiger partial charge in [-0.2, -0.15) is 0 Å². The summed E-state index contributed by atoms with van der Waals surface area (Å²) in [5, 5.41) is 0. The third-order valence-electron chi connectivity index (χ3n) is 2.81.